The first-order valence-corrected chi connectivity index (χ1v) is 8.85. The quantitative estimate of drug-likeness (QED) is 0.817. The van der Waals surface area contributed by atoms with Crippen molar-refractivity contribution in [3.63, 3.8) is 0 Å². The number of pyridine rings is 1. The number of halogens is 1. The van der Waals surface area contributed by atoms with Gasteiger partial charge >= 0.3 is 5.97 Å². The van der Waals surface area contributed by atoms with Gasteiger partial charge in [-0.05, 0) is 40.5 Å². The number of thiophene rings is 1. The molecule has 2 rings (SSSR count). The van der Waals surface area contributed by atoms with E-state index in [9.17, 15) is 13.2 Å². The van der Waals surface area contributed by atoms with Gasteiger partial charge in [0.15, 0.2) is 0 Å². The van der Waals surface area contributed by atoms with Gasteiger partial charge in [-0.25, -0.2) is 17.9 Å². The maximum atomic E-state index is 12.3. The third kappa shape index (κ3) is 3.67. The average molecular weight is 391 g/mol. The molecule has 0 aliphatic carbocycles. The van der Waals surface area contributed by atoms with E-state index in [4.69, 9.17) is 5.11 Å². The van der Waals surface area contributed by atoms with Gasteiger partial charge in [0.05, 0.1) is 3.79 Å². The highest BCUT2D eigenvalue weighted by molar-refractivity contribution is 9.11. The molecular formula is C12H11BrN2O4S2. The van der Waals surface area contributed by atoms with Crippen molar-refractivity contribution in [3.05, 3.63) is 44.8 Å². The summed E-state index contributed by atoms with van der Waals surface area (Å²) in [5.74, 6) is -1.16. The molecule has 0 unspecified atom stereocenters. The van der Waals surface area contributed by atoms with Crippen molar-refractivity contribution < 1.29 is 18.3 Å². The van der Waals surface area contributed by atoms with Crippen molar-refractivity contribution in [1.29, 1.82) is 0 Å². The summed E-state index contributed by atoms with van der Waals surface area (Å²) in [6.45, 7) is 1.69. The van der Waals surface area contributed by atoms with Crippen LogP contribution in [0.1, 0.15) is 28.2 Å². The van der Waals surface area contributed by atoms with Gasteiger partial charge in [-0.15, -0.1) is 11.3 Å². The maximum Gasteiger partial charge on any atom is 0.345 e. The Morgan fingerprint density at radius 2 is 2.24 bits per heavy atom. The van der Waals surface area contributed by atoms with Gasteiger partial charge in [0.25, 0.3) is 0 Å². The molecule has 2 aromatic rings. The van der Waals surface area contributed by atoms with Crippen molar-refractivity contribution in [3.8, 4) is 0 Å². The van der Waals surface area contributed by atoms with E-state index in [0.29, 0.717) is 5.56 Å². The number of hydrogen-bond donors (Lipinski definition) is 2. The molecule has 2 heterocycles. The van der Waals surface area contributed by atoms with E-state index in [-0.39, 0.29) is 13.6 Å². The first kappa shape index (κ1) is 16.1. The standard InChI is InChI=1S/C12H11BrN2O4S2/c1-7(8-3-2-4-14-6-8)15-21(18,19)10-5-9(12(16)17)20-11(10)13/h2-7,15H,1H3,(H,16,17)/t7-/m0/s1. The van der Waals surface area contributed by atoms with Crippen LogP contribution >= 0.6 is 27.3 Å². The highest BCUT2D eigenvalue weighted by Crippen LogP contribution is 2.32. The van der Waals surface area contributed by atoms with Crippen molar-refractivity contribution in [2.75, 3.05) is 0 Å². The van der Waals surface area contributed by atoms with Crippen LogP contribution in [0.4, 0.5) is 0 Å². The van der Waals surface area contributed by atoms with E-state index in [1.54, 1.807) is 31.5 Å². The second-order valence-electron chi connectivity index (χ2n) is 4.18. The molecule has 0 aromatic carbocycles. The minimum absolute atomic E-state index is 0.0451. The Bertz CT molecular complexity index is 759. The molecule has 6 nitrogen and oxygen atoms in total. The van der Waals surface area contributed by atoms with Crippen LogP contribution in [-0.2, 0) is 10.0 Å². The second kappa shape index (κ2) is 6.22. The lowest BCUT2D eigenvalue weighted by atomic mass is 10.2. The first-order valence-electron chi connectivity index (χ1n) is 5.76. The summed E-state index contributed by atoms with van der Waals surface area (Å²) >= 11 is 3.95. The number of nitrogens with one attached hydrogen (secondary N) is 1. The van der Waals surface area contributed by atoms with Gasteiger partial charge in [-0.2, -0.15) is 0 Å². The van der Waals surface area contributed by atoms with E-state index in [1.807, 2.05) is 0 Å². The van der Waals surface area contributed by atoms with Crippen LogP contribution in [0.2, 0.25) is 0 Å². The summed E-state index contributed by atoms with van der Waals surface area (Å²) in [6.07, 6.45) is 3.16. The fourth-order valence-electron chi connectivity index (χ4n) is 1.64. The number of aromatic nitrogens is 1. The van der Waals surface area contributed by atoms with Crippen LogP contribution in [-0.4, -0.2) is 24.5 Å². The van der Waals surface area contributed by atoms with E-state index in [2.05, 4.69) is 25.6 Å². The van der Waals surface area contributed by atoms with Crippen LogP contribution in [0.15, 0.2) is 39.3 Å². The molecule has 112 valence electrons. The number of aromatic carboxylic acids is 1. The van der Waals surface area contributed by atoms with Crippen molar-refractivity contribution in [2.24, 2.45) is 0 Å². The number of carboxylic acids is 1. The molecule has 0 saturated carbocycles. The average Bonchev–Trinajstić information content (AvgIpc) is 2.82. The Morgan fingerprint density at radius 3 is 2.76 bits per heavy atom. The summed E-state index contributed by atoms with van der Waals surface area (Å²) in [5.41, 5.74) is 0.714. The Balaban J connectivity index is 2.29. The van der Waals surface area contributed by atoms with Crippen LogP contribution in [0, 0.1) is 0 Å². The summed E-state index contributed by atoms with van der Waals surface area (Å²) in [5, 5.41) is 8.91. The predicted octanol–water partition coefficient (Wildman–Crippen LogP) is 2.64. The van der Waals surface area contributed by atoms with E-state index >= 15 is 0 Å². The highest BCUT2D eigenvalue weighted by Gasteiger charge is 2.25. The molecule has 0 saturated heterocycles. The summed E-state index contributed by atoms with van der Waals surface area (Å²) in [6, 6.07) is 4.12. The zero-order chi connectivity index (χ0) is 15.6. The van der Waals surface area contributed by atoms with Crippen LogP contribution in [0.5, 0.6) is 0 Å². The molecule has 21 heavy (non-hydrogen) atoms. The molecular weight excluding hydrogens is 380 g/mol. The minimum atomic E-state index is -3.83. The number of hydrogen-bond acceptors (Lipinski definition) is 5. The molecule has 0 aliphatic heterocycles. The van der Waals surface area contributed by atoms with Crippen molar-refractivity contribution in [1.82, 2.24) is 9.71 Å². The molecule has 0 bridgehead atoms. The Hall–Kier alpha value is -1.29. The summed E-state index contributed by atoms with van der Waals surface area (Å²) in [4.78, 5) is 14.7. The smallest absolute Gasteiger partial charge is 0.345 e. The molecule has 0 radical (unpaired) electrons. The van der Waals surface area contributed by atoms with Gasteiger partial charge in [0.2, 0.25) is 10.0 Å². The number of sulfonamides is 1. The molecule has 0 fully saturated rings. The molecule has 2 N–H and O–H groups in total. The summed E-state index contributed by atoms with van der Waals surface area (Å²) < 4.78 is 27.4. The Kier molecular flexibility index (Phi) is 4.77. The first-order chi connectivity index (χ1) is 9.81. The highest BCUT2D eigenvalue weighted by atomic mass is 79.9. The second-order valence-corrected chi connectivity index (χ2v) is 8.24. The molecule has 0 aliphatic rings. The van der Waals surface area contributed by atoms with E-state index in [1.165, 1.54) is 0 Å². The lowest BCUT2D eigenvalue weighted by Gasteiger charge is -2.13. The van der Waals surface area contributed by atoms with E-state index < -0.39 is 22.0 Å². The topological polar surface area (TPSA) is 96.4 Å². The molecule has 0 amide bonds. The lowest BCUT2D eigenvalue weighted by Crippen LogP contribution is -2.26. The predicted molar refractivity (Wildman–Crippen MR) is 82.0 cm³/mol. The van der Waals surface area contributed by atoms with Gasteiger partial charge < -0.3 is 5.11 Å². The zero-order valence-electron chi connectivity index (χ0n) is 10.8. The maximum absolute atomic E-state index is 12.3. The molecule has 1 atom stereocenters. The zero-order valence-corrected chi connectivity index (χ0v) is 14.0. The fourth-order valence-corrected chi connectivity index (χ4v) is 5.27. The van der Waals surface area contributed by atoms with Gasteiger partial charge in [0.1, 0.15) is 9.77 Å². The van der Waals surface area contributed by atoms with Crippen LogP contribution < -0.4 is 4.72 Å². The fraction of sp³-hybridized carbons (Fsp3) is 0.167. The van der Waals surface area contributed by atoms with E-state index in [0.717, 1.165) is 17.4 Å². The summed E-state index contributed by atoms with van der Waals surface area (Å²) in [7, 11) is -3.83. The van der Waals surface area contributed by atoms with Crippen molar-refractivity contribution in [2.45, 2.75) is 17.9 Å². The van der Waals surface area contributed by atoms with Crippen LogP contribution in [0.3, 0.4) is 0 Å². The molecule has 9 heteroatoms. The number of carbonyl (C=O) groups is 1. The SMILES string of the molecule is C[C@H](NS(=O)(=O)c1cc(C(=O)O)sc1Br)c1cccnc1. The number of rotatable bonds is 5. The monoisotopic (exact) mass is 390 g/mol. The van der Waals surface area contributed by atoms with Gasteiger partial charge in [0, 0.05) is 18.4 Å². The molecule has 0 spiro atoms. The largest absolute Gasteiger partial charge is 0.477 e. The van der Waals surface area contributed by atoms with Gasteiger partial charge in [-0.3, -0.25) is 4.98 Å². The van der Waals surface area contributed by atoms with Crippen LogP contribution in [0.25, 0.3) is 0 Å². The van der Waals surface area contributed by atoms with Gasteiger partial charge in [-0.1, -0.05) is 6.07 Å². The normalized spacial score (nSPS) is 13.0. The lowest BCUT2D eigenvalue weighted by molar-refractivity contribution is 0.0702. The Morgan fingerprint density at radius 1 is 1.52 bits per heavy atom. The molecule has 2 aromatic heterocycles. The number of carboxylic acid groups (broad SMARTS) is 1. The number of nitrogens with zero attached hydrogens (tertiary/aromatic N) is 1. The Labute approximate surface area is 134 Å². The third-order valence-corrected chi connectivity index (χ3v) is 6.45. The third-order valence-electron chi connectivity index (χ3n) is 2.67. The van der Waals surface area contributed by atoms with Crippen molar-refractivity contribution >= 4 is 43.3 Å². The minimum Gasteiger partial charge on any atom is -0.477 e.